The Balaban J connectivity index is 2.43. The normalized spacial score (nSPS) is 13.4. The maximum absolute atomic E-state index is 12.8. The van der Waals surface area contributed by atoms with Gasteiger partial charge in [0, 0.05) is 23.4 Å². The standard InChI is InChI=1S/C14H15BrF3N3/c1-2-6-21-7-5-20-13(21)12(19)10-8-9(14(16,17)18)3-4-11(10)15/h3-5,7-8,12H,2,6,19H2,1H3. The first kappa shape index (κ1) is 16.0. The first-order valence-corrected chi connectivity index (χ1v) is 7.27. The molecule has 1 aromatic heterocycles. The third kappa shape index (κ3) is 3.47. The lowest BCUT2D eigenvalue weighted by atomic mass is 10.0. The molecule has 2 N–H and O–H groups in total. The van der Waals surface area contributed by atoms with E-state index < -0.39 is 17.8 Å². The second-order valence-corrected chi connectivity index (χ2v) is 5.54. The molecule has 0 bridgehead atoms. The summed E-state index contributed by atoms with van der Waals surface area (Å²) in [7, 11) is 0. The number of imidazole rings is 1. The molecular formula is C14H15BrF3N3. The van der Waals surface area contributed by atoms with Crippen LogP contribution in [0.3, 0.4) is 0 Å². The van der Waals surface area contributed by atoms with E-state index in [1.54, 1.807) is 12.4 Å². The van der Waals surface area contributed by atoms with Gasteiger partial charge in [-0.1, -0.05) is 22.9 Å². The number of hydrogen-bond acceptors (Lipinski definition) is 2. The zero-order valence-corrected chi connectivity index (χ0v) is 12.9. The summed E-state index contributed by atoms with van der Waals surface area (Å²) in [5, 5.41) is 0. The van der Waals surface area contributed by atoms with Crippen LogP contribution in [-0.4, -0.2) is 9.55 Å². The van der Waals surface area contributed by atoms with Gasteiger partial charge in [0.1, 0.15) is 5.82 Å². The van der Waals surface area contributed by atoms with E-state index in [9.17, 15) is 13.2 Å². The van der Waals surface area contributed by atoms with Crippen molar-refractivity contribution in [3.05, 3.63) is 52.0 Å². The Morgan fingerprint density at radius 2 is 2.10 bits per heavy atom. The summed E-state index contributed by atoms with van der Waals surface area (Å²) in [4.78, 5) is 4.18. The molecule has 114 valence electrons. The highest BCUT2D eigenvalue weighted by Gasteiger charge is 2.32. The number of aromatic nitrogens is 2. The third-order valence-corrected chi connectivity index (χ3v) is 3.87. The average Bonchev–Trinajstić information content (AvgIpc) is 2.86. The van der Waals surface area contributed by atoms with Crippen LogP contribution in [0.2, 0.25) is 0 Å². The Morgan fingerprint density at radius 3 is 2.71 bits per heavy atom. The van der Waals surface area contributed by atoms with Gasteiger partial charge < -0.3 is 10.3 Å². The third-order valence-electron chi connectivity index (χ3n) is 3.15. The van der Waals surface area contributed by atoms with E-state index >= 15 is 0 Å². The van der Waals surface area contributed by atoms with Gasteiger partial charge in [-0.15, -0.1) is 0 Å². The van der Waals surface area contributed by atoms with Crippen molar-refractivity contribution < 1.29 is 13.2 Å². The summed E-state index contributed by atoms with van der Waals surface area (Å²) < 4.78 is 40.9. The van der Waals surface area contributed by atoms with Gasteiger partial charge >= 0.3 is 6.18 Å². The van der Waals surface area contributed by atoms with E-state index in [2.05, 4.69) is 20.9 Å². The van der Waals surface area contributed by atoms with Crippen molar-refractivity contribution in [1.29, 1.82) is 0 Å². The molecule has 1 aromatic carbocycles. The topological polar surface area (TPSA) is 43.8 Å². The van der Waals surface area contributed by atoms with Crippen LogP contribution in [-0.2, 0) is 12.7 Å². The lowest BCUT2D eigenvalue weighted by Crippen LogP contribution is -2.19. The molecule has 0 spiro atoms. The molecule has 3 nitrogen and oxygen atoms in total. The van der Waals surface area contributed by atoms with Crippen LogP contribution in [0.15, 0.2) is 35.1 Å². The van der Waals surface area contributed by atoms with E-state index in [1.165, 1.54) is 6.07 Å². The van der Waals surface area contributed by atoms with Gasteiger partial charge in [-0.2, -0.15) is 13.2 Å². The summed E-state index contributed by atoms with van der Waals surface area (Å²) in [6.45, 7) is 2.73. The Labute approximate surface area is 129 Å². The number of rotatable bonds is 4. The smallest absolute Gasteiger partial charge is 0.333 e. The average molecular weight is 362 g/mol. The van der Waals surface area contributed by atoms with Crippen LogP contribution in [0.4, 0.5) is 13.2 Å². The zero-order chi connectivity index (χ0) is 15.6. The van der Waals surface area contributed by atoms with E-state index in [0.29, 0.717) is 15.9 Å². The summed E-state index contributed by atoms with van der Waals surface area (Å²) >= 11 is 3.26. The van der Waals surface area contributed by atoms with Gasteiger partial charge in [-0.25, -0.2) is 4.98 Å². The molecule has 7 heteroatoms. The first-order chi connectivity index (χ1) is 9.84. The molecule has 2 rings (SSSR count). The van der Waals surface area contributed by atoms with Gasteiger partial charge in [-0.3, -0.25) is 0 Å². The van der Waals surface area contributed by atoms with Gasteiger partial charge in [0.05, 0.1) is 11.6 Å². The number of halogens is 4. The molecule has 0 amide bonds. The van der Waals surface area contributed by atoms with Gasteiger partial charge in [0.2, 0.25) is 0 Å². The molecule has 0 aliphatic carbocycles. The largest absolute Gasteiger partial charge is 0.416 e. The van der Waals surface area contributed by atoms with Crippen LogP contribution in [0.5, 0.6) is 0 Å². The molecule has 2 aromatic rings. The SMILES string of the molecule is CCCn1ccnc1C(N)c1cc(C(F)(F)F)ccc1Br. The zero-order valence-electron chi connectivity index (χ0n) is 11.4. The van der Waals surface area contributed by atoms with Crippen molar-refractivity contribution in [1.82, 2.24) is 9.55 Å². The molecule has 0 radical (unpaired) electrons. The van der Waals surface area contributed by atoms with E-state index in [0.717, 1.165) is 25.1 Å². The van der Waals surface area contributed by atoms with E-state index in [4.69, 9.17) is 5.73 Å². The van der Waals surface area contributed by atoms with Crippen LogP contribution in [0.25, 0.3) is 0 Å². The molecule has 1 atom stereocenters. The minimum Gasteiger partial charge on any atom is -0.333 e. The van der Waals surface area contributed by atoms with Gasteiger partial charge in [0.15, 0.2) is 0 Å². The van der Waals surface area contributed by atoms with Crippen LogP contribution in [0.1, 0.15) is 36.3 Å². The molecule has 0 fully saturated rings. The van der Waals surface area contributed by atoms with Crippen molar-refractivity contribution in [2.45, 2.75) is 32.1 Å². The fraction of sp³-hybridized carbons (Fsp3) is 0.357. The van der Waals surface area contributed by atoms with Crippen LogP contribution < -0.4 is 5.73 Å². The number of nitrogens with zero attached hydrogens (tertiary/aromatic N) is 2. The Bertz CT molecular complexity index is 622. The van der Waals surface area contributed by atoms with Crippen molar-refractivity contribution >= 4 is 15.9 Å². The van der Waals surface area contributed by atoms with Crippen molar-refractivity contribution in [3.63, 3.8) is 0 Å². The van der Waals surface area contributed by atoms with Crippen LogP contribution >= 0.6 is 15.9 Å². The maximum Gasteiger partial charge on any atom is 0.416 e. The first-order valence-electron chi connectivity index (χ1n) is 6.47. The highest BCUT2D eigenvalue weighted by molar-refractivity contribution is 9.10. The second-order valence-electron chi connectivity index (χ2n) is 4.69. The van der Waals surface area contributed by atoms with Crippen molar-refractivity contribution in [2.24, 2.45) is 5.73 Å². The predicted molar refractivity (Wildman–Crippen MR) is 77.7 cm³/mol. The van der Waals surface area contributed by atoms with E-state index in [-0.39, 0.29) is 0 Å². The highest BCUT2D eigenvalue weighted by Crippen LogP contribution is 2.34. The fourth-order valence-corrected chi connectivity index (χ4v) is 2.62. The molecule has 0 aliphatic heterocycles. The molecule has 0 saturated heterocycles. The number of benzene rings is 1. The van der Waals surface area contributed by atoms with Gasteiger partial charge in [0.25, 0.3) is 0 Å². The number of hydrogen-bond donors (Lipinski definition) is 1. The van der Waals surface area contributed by atoms with Crippen molar-refractivity contribution in [3.8, 4) is 0 Å². The van der Waals surface area contributed by atoms with Gasteiger partial charge in [-0.05, 0) is 30.2 Å². The molecule has 21 heavy (non-hydrogen) atoms. The summed E-state index contributed by atoms with van der Waals surface area (Å²) in [6.07, 6.45) is -0.125. The molecule has 0 saturated carbocycles. The molecule has 1 unspecified atom stereocenters. The lowest BCUT2D eigenvalue weighted by molar-refractivity contribution is -0.137. The molecule has 0 aliphatic rings. The molecule has 1 heterocycles. The van der Waals surface area contributed by atoms with Crippen molar-refractivity contribution in [2.75, 3.05) is 0 Å². The monoisotopic (exact) mass is 361 g/mol. The Kier molecular flexibility index (Phi) is 4.73. The lowest BCUT2D eigenvalue weighted by Gasteiger charge is -2.17. The fourth-order valence-electron chi connectivity index (χ4n) is 2.13. The second kappa shape index (κ2) is 6.19. The van der Waals surface area contributed by atoms with Crippen LogP contribution in [0, 0.1) is 0 Å². The summed E-state index contributed by atoms with van der Waals surface area (Å²) in [6, 6.07) is 2.74. The minimum absolute atomic E-state index is 0.369. The Hall–Kier alpha value is -1.34. The van der Waals surface area contributed by atoms with E-state index in [1.807, 2.05) is 11.5 Å². The number of aryl methyl sites for hydroxylation is 1. The predicted octanol–water partition coefficient (Wildman–Crippen LogP) is 4.12. The summed E-state index contributed by atoms with van der Waals surface area (Å²) in [5.74, 6) is 0.553. The minimum atomic E-state index is -4.39. The Morgan fingerprint density at radius 1 is 1.38 bits per heavy atom. The summed E-state index contributed by atoms with van der Waals surface area (Å²) in [5.41, 5.74) is 5.78. The molecular weight excluding hydrogens is 347 g/mol. The highest BCUT2D eigenvalue weighted by atomic mass is 79.9. The number of alkyl halides is 3. The quantitative estimate of drug-likeness (QED) is 0.889. The number of nitrogens with two attached hydrogens (primary N) is 1. The maximum atomic E-state index is 12.8.